The van der Waals surface area contributed by atoms with Gasteiger partial charge in [0.15, 0.2) is 18.7 Å². The molecule has 0 aliphatic carbocycles. The van der Waals surface area contributed by atoms with Gasteiger partial charge in [-0.05, 0) is 0 Å². The van der Waals surface area contributed by atoms with Gasteiger partial charge in [0.25, 0.3) is 0 Å². The molecule has 0 spiro atoms. The van der Waals surface area contributed by atoms with Gasteiger partial charge in [-0.15, -0.1) is 9.05 Å². The summed E-state index contributed by atoms with van der Waals surface area (Å²) in [6.45, 7) is -1.14. The van der Waals surface area contributed by atoms with Crippen molar-refractivity contribution < 1.29 is 63.2 Å². The Morgan fingerprint density at radius 1 is 0.821 bits per heavy atom. The molecule has 6 N–H and O–H groups in total. The zero-order valence-corrected chi connectivity index (χ0v) is 16.1. The van der Waals surface area contributed by atoms with Gasteiger partial charge in [-0.25, -0.2) is 0 Å². The first-order valence-corrected chi connectivity index (χ1v) is 9.49. The van der Waals surface area contributed by atoms with Crippen LogP contribution in [0.2, 0.25) is 0 Å². The predicted molar refractivity (Wildman–Crippen MR) is 86.9 cm³/mol. The molecule has 0 amide bonds. The molecule has 13 nitrogen and oxygen atoms in total. The molecule has 2 heterocycles. The van der Waals surface area contributed by atoms with E-state index >= 15 is 0 Å². The fraction of sp³-hybridized carbons (Fsp3) is 1.00. The minimum Gasteiger partial charge on any atom is -0.394 e. The minimum atomic E-state index is -2.92. The van der Waals surface area contributed by atoms with Gasteiger partial charge in [0, 0.05) is 18.8 Å². The quantitative estimate of drug-likeness (QED) is 0.207. The van der Waals surface area contributed by atoms with Crippen LogP contribution in [-0.2, 0) is 32.6 Å². The molecule has 0 aromatic carbocycles. The molecular formula is C14H26O13P+. The van der Waals surface area contributed by atoms with E-state index in [4.69, 9.17) is 28.0 Å². The van der Waals surface area contributed by atoms with Gasteiger partial charge in [-0.2, -0.15) is 0 Å². The van der Waals surface area contributed by atoms with Crippen molar-refractivity contribution in [1.82, 2.24) is 0 Å². The highest BCUT2D eigenvalue weighted by Crippen LogP contribution is 2.34. The molecule has 1 unspecified atom stereocenters. The van der Waals surface area contributed by atoms with E-state index in [1.165, 1.54) is 14.2 Å². The van der Waals surface area contributed by atoms with E-state index in [2.05, 4.69) is 0 Å². The topological polar surface area (TPSA) is 194 Å². The Labute approximate surface area is 161 Å². The molecule has 0 aromatic rings. The number of hydrogen-bond acceptors (Lipinski definition) is 13. The SMILES string of the molecule is CO[C@H]1O[C@H](CO[P+](=O)O[C@H]2[C@H](O)[C@@H](O)[C@@H](OC)O[C@@H]2CO)[C@@H](O)[C@H](O)[C@H]1O. The Balaban J connectivity index is 1.92. The molecule has 11 atom stereocenters. The monoisotopic (exact) mass is 433 g/mol. The Morgan fingerprint density at radius 2 is 1.36 bits per heavy atom. The normalized spacial score (nSPS) is 45.1. The van der Waals surface area contributed by atoms with Gasteiger partial charge in [-0.1, -0.05) is 0 Å². The number of ether oxygens (including phenoxy) is 4. The Morgan fingerprint density at radius 3 is 1.89 bits per heavy atom. The highest BCUT2D eigenvalue weighted by Gasteiger charge is 2.50. The summed E-state index contributed by atoms with van der Waals surface area (Å²) >= 11 is 0. The van der Waals surface area contributed by atoms with E-state index in [0.717, 1.165) is 0 Å². The fourth-order valence-corrected chi connectivity index (χ4v) is 3.68. The van der Waals surface area contributed by atoms with Crippen LogP contribution in [0.25, 0.3) is 0 Å². The van der Waals surface area contributed by atoms with Gasteiger partial charge < -0.3 is 49.6 Å². The molecule has 2 aliphatic rings. The second-order valence-electron chi connectivity index (χ2n) is 6.28. The van der Waals surface area contributed by atoms with Crippen LogP contribution in [0, 0.1) is 0 Å². The molecule has 0 saturated carbocycles. The summed E-state index contributed by atoms with van der Waals surface area (Å²) in [6.07, 6.45) is -13.9. The summed E-state index contributed by atoms with van der Waals surface area (Å²) in [5.74, 6) is 0. The zero-order valence-electron chi connectivity index (χ0n) is 15.2. The first kappa shape index (κ1) is 23.9. The van der Waals surface area contributed by atoms with Crippen molar-refractivity contribution >= 4 is 8.25 Å². The van der Waals surface area contributed by atoms with Crippen molar-refractivity contribution in [3.8, 4) is 0 Å². The van der Waals surface area contributed by atoms with E-state index in [1.54, 1.807) is 0 Å². The maximum Gasteiger partial charge on any atom is 0.697 e. The lowest BCUT2D eigenvalue weighted by Gasteiger charge is -2.39. The summed E-state index contributed by atoms with van der Waals surface area (Å²) in [5.41, 5.74) is 0. The Bertz CT molecular complexity index is 506. The highest BCUT2D eigenvalue weighted by molar-refractivity contribution is 7.33. The predicted octanol–water partition coefficient (Wildman–Crippen LogP) is -3.41. The van der Waals surface area contributed by atoms with Crippen molar-refractivity contribution in [2.75, 3.05) is 27.4 Å². The molecule has 0 radical (unpaired) electrons. The summed E-state index contributed by atoms with van der Waals surface area (Å²) in [7, 11) is -0.467. The lowest BCUT2D eigenvalue weighted by atomic mass is 9.99. The minimum absolute atomic E-state index is 0.517. The van der Waals surface area contributed by atoms with Crippen LogP contribution in [0.4, 0.5) is 0 Å². The van der Waals surface area contributed by atoms with Gasteiger partial charge in [0.1, 0.15) is 49.3 Å². The Kier molecular flexibility index (Phi) is 9.04. The molecule has 0 bridgehead atoms. The number of aliphatic hydroxyl groups is 6. The molecule has 0 aromatic heterocycles. The van der Waals surface area contributed by atoms with E-state index in [0.29, 0.717) is 0 Å². The summed E-state index contributed by atoms with van der Waals surface area (Å²) in [5, 5.41) is 58.8. The van der Waals surface area contributed by atoms with Crippen LogP contribution in [0.1, 0.15) is 0 Å². The molecule has 28 heavy (non-hydrogen) atoms. The number of methoxy groups -OCH3 is 2. The maximum atomic E-state index is 12.1. The van der Waals surface area contributed by atoms with Crippen molar-refractivity contribution in [2.24, 2.45) is 0 Å². The van der Waals surface area contributed by atoms with Crippen molar-refractivity contribution in [3.05, 3.63) is 0 Å². The van der Waals surface area contributed by atoms with E-state index in [1.807, 2.05) is 0 Å². The van der Waals surface area contributed by atoms with Crippen LogP contribution in [0.3, 0.4) is 0 Å². The van der Waals surface area contributed by atoms with E-state index in [9.17, 15) is 35.2 Å². The molecule has 2 aliphatic heterocycles. The van der Waals surface area contributed by atoms with Crippen LogP contribution in [0.5, 0.6) is 0 Å². The average Bonchev–Trinajstić information content (AvgIpc) is 2.69. The van der Waals surface area contributed by atoms with Crippen LogP contribution < -0.4 is 0 Å². The molecule has 2 fully saturated rings. The second-order valence-corrected chi connectivity index (χ2v) is 7.20. The molecule has 2 saturated heterocycles. The maximum absolute atomic E-state index is 12.1. The molecular weight excluding hydrogens is 407 g/mol. The summed E-state index contributed by atoms with van der Waals surface area (Å²) in [6, 6.07) is 0. The molecule has 164 valence electrons. The van der Waals surface area contributed by atoms with Crippen LogP contribution in [0.15, 0.2) is 0 Å². The largest absolute Gasteiger partial charge is 0.697 e. The van der Waals surface area contributed by atoms with E-state index < -0.39 is 82.9 Å². The standard InChI is InChI=1S/C14H26O13P/c1-22-13-10(19)8(17)7(16)6(26-13)4-24-28(21)27-12-5(3-15)25-14(23-2)11(20)9(12)18/h5-20H,3-4H2,1-2H3/q+1/t5-,6-,7-,8+,9-,10-,11-,12-,13+,14+/m1/s1. The van der Waals surface area contributed by atoms with E-state index in [-0.39, 0.29) is 0 Å². The van der Waals surface area contributed by atoms with Gasteiger partial charge in [0.05, 0.1) is 6.61 Å². The van der Waals surface area contributed by atoms with Crippen LogP contribution >= 0.6 is 8.25 Å². The van der Waals surface area contributed by atoms with Crippen LogP contribution in [-0.4, -0.2) is 119 Å². The highest BCUT2D eigenvalue weighted by atomic mass is 31.1. The lowest BCUT2D eigenvalue weighted by molar-refractivity contribution is -0.295. The van der Waals surface area contributed by atoms with Gasteiger partial charge >= 0.3 is 8.25 Å². The first-order valence-electron chi connectivity index (χ1n) is 8.39. The van der Waals surface area contributed by atoms with Crippen molar-refractivity contribution in [3.63, 3.8) is 0 Å². The molecule has 14 heteroatoms. The zero-order chi connectivity index (χ0) is 21.0. The third-order valence-corrected chi connectivity index (χ3v) is 5.28. The summed E-state index contributed by atoms with van der Waals surface area (Å²) in [4.78, 5) is 0. The third-order valence-electron chi connectivity index (χ3n) is 4.51. The van der Waals surface area contributed by atoms with Gasteiger partial charge in [-0.3, -0.25) is 0 Å². The smallest absolute Gasteiger partial charge is 0.394 e. The molecule has 2 rings (SSSR count). The Hall–Kier alpha value is -0.380. The number of aliphatic hydroxyl groups excluding tert-OH is 6. The summed E-state index contributed by atoms with van der Waals surface area (Å²) < 4.78 is 42.2. The lowest BCUT2D eigenvalue weighted by Crippen LogP contribution is -2.59. The van der Waals surface area contributed by atoms with Crippen molar-refractivity contribution in [2.45, 2.75) is 61.4 Å². The first-order chi connectivity index (χ1) is 13.2. The second kappa shape index (κ2) is 10.6. The third kappa shape index (κ3) is 5.21. The average molecular weight is 433 g/mol. The number of rotatable bonds is 8. The van der Waals surface area contributed by atoms with Crippen molar-refractivity contribution in [1.29, 1.82) is 0 Å². The fourth-order valence-electron chi connectivity index (χ4n) is 2.89. The van der Waals surface area contributed by atoms with Gasteiger partial charge in [0.2, 0.25) is 0 Å². The number of hydrogen-bond donors (Lipinski definition) is 6.